The number of nitrogens with one attached hydrogen (secondary N) is 1. The van der Waals surface area contributed by atoms with Crippen molar-refractivity contribution in [2.75, 3.05) is 13.2 Å². The zero-order valence-corrected chi connectivity index (χ0v) is 16.1. The molecule has 0 heterocycles. The summed E-state index contributed by atoms with van der Waals surface area (Å²) in [6.07, 6.45) is -0.652. The van der Waals surface area contributed by atoms with Gasteiger partial charge in [-0.1, -0.05) is 55.5 Å². The summed E-state index contributed by atoms with van der Waals surface area (Å²) in [5.74, 6) is -1.23. The van der Waals surface area contributed by atoms with Crippen LogP contribution < -0.4 is 5.32 Å². The number of carboxylic acid groups (broad SMARTS) is 1. The average Bonchev–Trinajstić information content (AvgIpc) is 3.02. The Balaban J connectivity index is 1.67. The first-order valence-electron chi connectivity index (χ1n) is 9.48. The van der Waals surface area contributed by atoms with Crippen LogP contribution in [0.4, 0.5) is 4.79 Å². The molecule has 2 aromatic carbocycles. The van der Waals surface area contributed by atoms with E-state index in [-0.39, 0.29) is 12.5 Å². The van der Waals surface area contributed by atoms with E-state index in [9.17, 15) is 14.7 Å². The van der Waals surface area contributed by atoms with Gasteiger partial charge >= 0.3 is 12.1 Å². The smallest absolute Gasteiger partial charge is 0.407 e. The maximum absolute atomic E-state index is 12.3. The standard InChI is InChI=1S/C22H25NO5/c1-3-12-27-14(2)20(21(24)25)23-22(26)28-13-19-17-10-6-4-8-15(17)16-9-5-7-11-18(16)19/h4-11,14,19-20H,3,12-13H2,1-2H3,(H,23,26)(H,24,25). The third-order valence-corrected chi connectivity index (χ3v) is 4.94. The second-order valence-corrected chi connectivity index (χ2v) is 6.86. The van der Waals surface area contributed by atoms with Crippen LogP contribution in [0.2, 0.25) is 0 Å². The minimum Gasteiger partial charge on any atom is -0.480 e. The van der Waals surface area contributed by atoms with E-state index in [1.54, 1.807) is 6.92 Å². The Bertz CT molecular complexity index is 805. The average molecular weight is 383 g/mol. The van der Waals surface area contributed by atoms with Crippen molar-refractivity contribution in [3.8, 4) is 11.1 Å². The number of carbonyl (C=O) groups is 2. The molecule has 0 saturated carbocycles. The summed E-state index contributed by atoms with van der Waals surface area (Å²) in [7, 11) is 0. The molecule has 0 spiro atoms. The van der Waals surface area contributed by atoms with E-state index in [4.69, 9.17) is 9.47 Å². The highest BCUT2D eigenvalue weighted by molar-refractivity contribution is 5.81. The molecule has 0 radical (unpaired) electrons. The monoisotopic (exact) mass is 383 g/mol. The van der Waals surface area contributed by atoms with Crippen molar-refractivity contribution in [1.82, 2.24) is 5.32 Å². The number of hydrogen-bond donors (Lipinski definition) is 2. The lowest BCUT2D eigenvalue weighted by molar-refractivity contribution is -0.143. The zero-order valence-electron chi connectivity index (χ0n) is 16.1. The van der Waals surface area contributed by atoms with Crippen molar-refractivity contribution in [2.24, 2.45) is 0 Å². The minimum absolute atomic E-state index is 0.0739. The normalized spacial score (nSPS) is 14.6. The molecule has 0 saturated heterocycles. The number of alkyl carbamates (subject to hydrolysis) is 1. The van der Waals surface area contributed by atoms with Gasteiger partial charge in [0.1, 0.15) is 6.61 Å². The van der Waals surface area contributed by atoms with E-state index in [0.717, 1.165) is 28.7 Å². The minimum atomic E-state index is -1.16. The first kappa shape index (κ1) is 19.9. The second-order valence-electron chi connectivity index (χ2n) is 6.86. The summed E-state index contributed by atoms with van der Waals surface area (Å²) in [6, 6.07) is 14.9. The molecule has 6 heteroatoms. The third-order valence-electron chi connectivity index (χ3n) is 4.94. The molecule has 2 aromatic rings. The van der Waals surface area contributed by atoms with Crippen molar-refractivity contribution >= 4 is 12.1 Å². The molecule has 0 aromatic heterocycles. The first-order chi connectivity index (χ1) is 13.5. The molecular weight excluding hydrogens is 358 g/mol. The van der Waals surface area contributed by atoms with E-state index in [1.807, 2.05) is 43.3 Å². The molecule has 0 fully saturated rings. The van der Waals surface area contributed by atoms with Gasteiger partial charge in [-0.05, 0) is 35.6 Å². The van der Waals surface area contributed by atoms with Crippen molar-refractivity contribution in [3.05, 3.63) is 59.7 Å². The van der Waals surface area contributed by atoms with E-state index in [0.29, 0.717) is 6.61 Å². The Kier molecular flexibility index (Phi) is 6.31. The quantitative estimate of drug-likeness (QED) is 0.724. The van der Waals surface area contributed by atoms with Gasteiger partial charge < -0.3 is 19.9 Å². The van der Waals surface area contributed by atoms with Crippen LogP contribution in [0, 0.1) is 0 Å². The maximum Gasteiger partial charge on any atom is 0.407 e. The van der Waals surface area contributed by atoms with Crippen molar-refractivity contribution in [1.29, 1.82) is 0 Å². The lowest BCUT2D eigenvalue weighted by Crippen LogP contribution is -2.49. The van der Waals surface area contributed by atoms with Gasteiger partial charge in [0.2, 0.25) is 0 Å². The molecule has 2 atom stereocenters. The van der Waals surface area contributed by atoms with Crippen LogP contribution in [0.25, 0.3) is 11.1 Å². The van der Waals surface area contributed by atoms with E-state index < -0.39 is 24.2 Å². The molecular formula is C22H25NO5. The molecule has 0 aliphatic heterocycles. The second kappa shape index (κ2) is 8.89. The summed E-state index contributed by atoms with van der Waals surface area (Å²) in [6.45, 7) is 4.12. The van der Waals surface area contributed by atoms with Crippen LogP contribution in [0.1, 0.15) is 37.3 Å². The van der Waals surface area contributed by atoms with Crippen LogP contribution in [0.15, 0.2) is 48.5 Å². The van der Waals surface area contributed by atoms with Gasteiger partial charge in [-0.3, -0.25) is 0 Å². The molecule has 0 bridgehead atoms. The summed E-state index contributed by atoms with van der Waals surface area (Å²) >= 11 is 0. The maximum atomic E-state index is 12.3. The number of fused-ring (bicyclic) bond motifs is 3. The van der Waals surface area contributed by atoms with Gasteiger partial charge in [-0.2, -0.15) is 0 Å². The van der Waals surface area contributed by atoms with Gasteiger partial charge in [0.05, 0.1) is 6.10 Å². The number of hydrogen-bond acceptors (Lipinski definition) is 4. The Morgan fingerprint density at radius 2 is 1.64 bits per heavy atom. The summed E-state index contributed by atoms with van der Waals surface area (Å²) in [5, 5.41) is 11.8. The molecule has 1 aliphatic rings. The van der Waals surface area contributed by atoms with Crippen LogP contribution >= 0.6 is 0 Å². The lowest BCUT2D eigenvalue weighted by Gasteiger charge is -2.22. The molecule has 1 amide bonds. The first-order valence-corrected chi connectivity index (χ1v) is 9.48. The molecule has 6 nitrogen and oxygen atoms in total. The van der Waals surface area contributed by atoms with E-state index in [2.05, 4.69) is 17.4 Å². The van der Waals surface area contributed by atoms with Gasteiger partial charge in [0.15, 0.2) is 6.04 Å². The highest BCUT2D eigenvalue weighted by atomic mass is 16.6. The van der Waals surface area contributed by atoms with Crippen LogP contribution in [0.5, 0.6) is 0 Å². The molecule has 148 valence electrons. The van der Waals surface area contributed by atoms with Gasteiger partial charge in [0.25, 0.3) is 0 Å². The topological polar surface area (TPSA) is 84.9 Å². The predicted octanol–water partition coefficient (Wildman–Crippen LogP) is 3.79. The van der Waals surface area contributed by atoms with Gasteiger partial charge in [0, 0.05) is 12.5 Å². The van der Waals surface area contributed by atoms with Crippen LogP contribution in [-0.4, -0.2) is 42.5 Å². The fourth-order valence-corrected chi connectivity index (χ4v) is 3.55. The Morgan fingerprint density at radius 1 is 1.07 bits per heavy atom. The summed E-state index contributed by atoms with van der Waals surface area (Å²) < 4.78 is 10.8. The predicted molar refractivity (Wildman–Crippen MR) is 105 cm³/mol. The fraction of sp³-hybridized carbons (Fsp3) is 0.364. The van der Waals surface area contributed by atoms with Crippen molar-refractivity contribution in [2.45, 2.75) is 38.3 Å². The highest BCUT2D eigenvalue weighted by Gasteiger charge is 2.31. The Hall–Kier alpha value is -2.86. The number of rotatable bonds is 8. The van der Waals surface area contributed by atoms with Gasteiger partial charge in [-0.15, -0.1) is 0 Å². The SMILES string of the molecule is CCCOC(C)C(NC(=O)OCC1c2ccccc2-c2ccccc21)C(=O)O. The Labute approximate surface area is 164 Å². The molecule has 2 unspecified atom stereocenters. The van der Waals surface area contributed by atoms with E-state index >= 15 is 0 Å². The number of ether oxygens (including phenoxy) is 2. The molecule has 28 heavy (non-hydrogen) atoms. The van der Waals surface area contributed by atoms with Crippen molar-refractivity contribution in [3.63, 3.8) is 0 Å². The third kappa shape index (κ3) is 4.17. The Morgan fingerprint density at radius 3 is 2.18 bits per heavy atom. The molecule has 3 rings (SSSR count). The highest BCUT2D eigenvalue weighted by Crippen LogP contribution is 2.44. The number of benzene rings is 2. The van der Waals surface area contributed by atoms with Crippen LogP contribution in [-0.2, 0) is 14.3 Å². The lowest BCUT2D eigenvalue weighted by atomic mass is 9.98. The van der Waals surface area contributed by atoms with E-state index in [1.165, 1.54) is 0 Å². The number of aliphatic carboxylic acids is 1. The summed E-state index contributed by atoms with van der Waals surface area (Å²) in [5.41, 5.74) is 4.48. The number of carboxylic acids is 1. The zero-order chi connectivity index (χ0) is 20.1. The largest absolute Gasteiger partial charge is 0.480 e. The number of amides is 1. The van der Waals surface area contributed by atoms with Gasteiger partial charge in [-0.25, -0.2) is 9.59 Å². The fourth-order valence-electron chi connectivity index (χ4n) is 3.55. The molecule has 1 aliphatic carbocycles. The summed E-state index contributed by atoms with van der Waals surface area (Å²) in [4.78, 5) is 23.7. The molecule has 2 N–H and O–H groups in total. The van der Waals surface area contributed by atoms with Crippen LogP contribution in [0.3, 0.4) is 0 Å². The number of carbonyl (C=O) groups excluding carboxylic acids is 1. The van der Waals surface area contributed by atoms with Crippen molar-refractivity contribution < 1.29 is 24.2 Å².